The summed E-state index contributed by atoms with van der Waals surface area (Å²) in [6, 6.07) is 25.4. The van der Waals surface area contributed by atoms with E-state index in [1.54, 1.807) is 12.1 Å². The third-order valence-corrected chi connectivity index (χ3v) is 7.31. The molecule has 1 heterocycles. The monoisotopic (exact) mass is 598 g/mol. The lowest BCUT2D eigenvalue weighted by molar-refractivity contribution is -0.155. The summed E-state index contributed by atoms with van der Waals surface area (Å²) in [6.45, 7) is 10.0. The average molecular weight is 599 g/mol. The predicted molar refractivity (Wildman–Crippen MR) is 174 cm³/mol. The molecule has 7 heteroatoms. The van der Waals surface area contributed by atoms with Crippen LogP contribution in [0.3, 0.4) is 0 Å². The first-order chi connectivity index (χ1) is 20.9. The third kappa shape index (κ3) is 8.44. The lowest BCUT2D eigenvalue weighted by atomic mass is 9.94. The standard InChI is InChI=1S/C37H43FN2O4/c1-25(2)34-33(36(43)39-29-15-10-7-11-16-29)32(26-13-8-6-9-14-26)35(27-19-21-28(38)22-20-27)40(34)24-23-30(41)17-12-18-31(42)44-37(3,4)5/h6-11,13-16,19-22,25,30,41H,12,17-18,23-24H2,1-5H3,(H,39,43)/t30-/m0/s1. The van der Waals surface area contributed by atoms with Crippen molar-refractivity contribution >= 4 is 17.6 Å². The molecule has 0 saturated heterocycles. The number of carbonyl (C=O) groups is 2. The van der Waals surface area contributed by atoms with Gasteiger partial charge in [-0.3, -0.25) is 9.59 Å². The van der Waals surface area contributed by atoms with E-state index in [0.29, 0.717) is 37.1 Å². The van der Waals surface area contributed by atoms with Crippen LogP contribution in [0.4, 0.5) is 10.1 Å². The highest BCUT2D eigenvalue weighted by Gasteiger charge is 2.30. The SMILES string of the molecule is CC(C)c1c(C(=O)Nc2ccccc2)c(-c2ccccc2)c(-c2ccc(F)cc2)n1CC[C@@H](O)CCCC(=O)OC(C)(C)C. The number of carbonyl (C=O) groups excluding carboxylic acids is 2. The highest BCUT2D eigenvalue weighted by Crippen LogP contribution is 2.42. The summed E-state index contributed by atoms with van der Waals surface area (Å²) in [7, 11) is 0. The van der Waals surface area contributed by atoms with Crippen LogP contribution in [-0.4, -0.2) is 33.3 Å². The molecule has 4 aromatic rings. The first kappa shape index (κ1) is 32.7. The van der Waals surface area contributed by atoms with E-state index >= 15 is 0 Å². The van der Waals surface area contributed by atoms with Crippen molar-refractivity contribution in [3.8, 4) is 22.4 Å². The van der Waals surface area contributed by atoms with Crippen LogP contribution in [0.5, 0.6) is 0 Å². The topological polar surface area (TPSA) is 80.6 Å². The number of aromatic nitrogens is 1. The van der Waals surface area contributed by atoms with Crippen LogP contribution in [0, 0.1) is 5.82 Å². The van der Waals surface area contributed by atoms with Gasteiger partial charge in [0.25, 0.3) is 5.91 Å². The van der Waals surface area contributed by atoms with E-state index in [4.69, 9.17) is 4.74 Å². The van der Waals surface area contributed by atoms with Gasteiger partial charge in [0.15, 0.2) is 0 Å². The number of amides is 1. The molecule has 0 radical (unpaired) electrons. The van der Waals surface area contributed by atoms with Gasteiger partial charge in [-0.15, -0.1) is 0 Å². The molecule has 44 heavy (non-hydrogen) atoms. The zero-order valence-electron chi connectivity index (χ0n) is 26.3. The van der Waals surface area contributed by atoms with Crippen molar-refractivity contribution in [2.45, 2.75) is 84.5 Å². The molecule has 232 valence electrons. The maximum absolute atomic E-state index is 14.1. The summed E-state index contributed by atoms with van der Waals surface area (Å²) >= 11 is 0. The number of aliphatic hydroxyl groups excluding tert-OH is 1. The molecular weight excluding hydrogens is 555 g/mol. The normalized spacial score (nSPS) is 12.3. The van der Waals surface area contributed by atoms with Crippen LogP contribution < -0.4 is 5.32 Å². The molecule has 6 nitrogen and oxygen atoms in total. The van der Waals surface area contributed by atoms with E-state index < -0.39 is 11.7 Å². The lowest BCUT2D eigenvalue weighted by Gasteiger charge is -2.20. The van der Waals surface area contributed by atoms with Gasteiger partial charge in [0.1, 0.15) is 11.4 Å². The molecule has 4 rings (SSSR count). The largest absolute Gasteiger partial charge is 0.460 e. The molecule has 0 aliphatic rings. The Hall–Kier alpha value is -4.23. The summed E-state index contributed by atoms with van der Waals surface area (Å²) in [4.78, 5) is 26.3. The fraction of sp³-hybridized carbons (Fsp3) is 0.351. The molecule has 2 N–H and O–H groups in total. The molecule has 0 aliphatic heterocycles. The number of halogens is 1. The minimum absolute atomic E-state index is 0.0486. The molecule has 0 aliphatic carbocycles. The van der Waals surface area contributed by atoms with Crippen molar-refractivity contribution in [3.63, 3.8) is 0 Å². The molecule has 0 bridgehead atoms. The van der Waals surface area contributed by atoms with Crippen LogP contribution in [0.25, 0.3) is 22.4 Å². The Morgan fingerprint density at radius 2 is 1.50 bits per heavy atom. The van der Waals surface area contributed by atoms with Gasteiger partial charge in [-0.1, -0.05) is 62.4 Å². The van der Waals surface area contributed by atoms with Gasteiger partial charge in [-0.25, -0.2) is 4.39 Å². The van der Waals surface area contributed by atoms with Crippen LogP contribution in [0.2, 0.25) is 0 Å². The number of benzene rings is 3. The number of aliphatic hydroxyl groups is 1. The highest BCUT2D eigenvalue weighted by atomic mass is 19.1. The van der Waals surface area contributed by atoms with E-state index in [9.17, 15) is 19.1 Å². The van der Waals surface area contributed by atoms with Gasteiger partial charge in [0.2, 0.25) is 0 Å². The van der Waals surface area contributed by atoms with Gasteiger partial charge in [-0.05, 0) is 93.5 Å². The van der Waals surface area contributed by atoms with Crippen LogP contribution in [0.15, 0.2) is 84.9 Å². The molecule has 0 fully saturated rings. The number of nitrogens with zero attached hydrogens (tertiary/aromatic N) is 1. The Kier molecular flexibility index (Phi) is 10.8. The van der Waals surface area contributed by atoms with Gasteiger partial charge < -0.3 is 19.7 Å². The fourth-order valence-electron chi connectivity index (χ4n) is 5.51. The van der Waals surface area contributed by atoms with Gasteiger partial charge >= 0.3 is 5.97 Å². The minimum atomic E-state index is -0.664. The second-order valence-corrected chi connectivity index (χ2v) is 12.4. The smallest absolute Gasteiger partial charge is 0.306 e. The first-order valence-corrected chi connectivity index (χ1v) is 15.3. The summed E-state index contributed by atoms with van der Waals surface area (Å²) in [5.41, 5.74) is 4.70. The number of anilines is 1. The summed E-state index contributed by atoms with van der Waals surface area (Å²) in [5.74, 6) is -0.914. The zero-order chi connectivity index (χ0) is 31.9. The quantitative estimate of drug-likeness (QED) is 0.160. The van der Waals surface area contributed by atoms with Crippen molar-refractivity contribution < 1.29 is 23.8 Å². The Labute approximate surface area is 259 Å². The second kappa shape index (κ2) is 14.5. The van der Waals surface area contributed by atoms with Crippen LogP contribution in [0.1, 0.15) is 82.3 Å². The van der Waals surface area contributed by atoms with Crippen molar-refractivity contribution in [1.29, 1.82) is 0 Å². The minimum Gasteiger partial charge on any atom is -0.460 e. The lowest BCUT2D eigenvalue weighted by Crippen LogP contribution is -2.24. The predicted octanol–water partition coefficient (Wildman–Crippen LogP) is 8.60. The van der Waals surface area contributed by atoms with E-state index in [1.165, 1.54) is 12.1 Å². The summed E-state index contributed by atoms with van der Waals surface area (Å²) in [6.07, 6.45) is 0.922. The Morgan fingerprint density at radius 1 is 0.886 bits per heavy atom. The summed E-state index contributed by atoms with van der Waals surface area (Å²) in [5, 5.41) is 14.1. The Balaban J connectivity index is 1.76. The fourth-order valence-corrected chi connectivity index (χ4v) is 5.51. The van der Waals surface area contributed by atoms with E-state index in [-0.39, 0.29) is 30.0 Å². The van der Waals surface area contributed by atoms with Gasteiger partial charge in [-0.2, -0.15) is 0 Å². The second-order valence-electron chi connectivity index (χ2n) is 12.4. The maximum atomic E-state index is 14.1. The molecule has 1 atom stereocenters. The van der Waals surface area contributed by atoms with Crippen molar-refractivity contribution in [2.24, 2.45) is 0 Å². The van der Waals surface area contributed by atoms with E-state index in [2.05, 4.69) is 9.88 Å². The van der Waals surface area contributed by atoms with Crippen molar-refractivity contribution in [3.05, 3.63) is 102 Å². The number of ether oxygens (including phenoxy) is 1. The Bertz CT molecular complexity index is 1540. The number of hydrogen-bond donors (Lipinski definition) is 2. The van der Waals surface area contributed by atoms with Crippen molar-refractivity contribution in [1.82, 2.24) is 4.57 Å². The third-order valence-electron chi connectivity index (χ3n) is 7.31. The molecule has 0 saturated carbocycles. The van der Waals surface area contributed by atoms with Crippen LogP contribution >= 0.6 is 0 Å². The molecule has 0 spiro atoms. The number of hydrogen-bond acceptors (Lipinski definition) is 4. The zero-order valence-corrected chi connectivity index (χ0v) is 26.3. The number of para-hydroxylation sites is 1. The number of rotatable bonds is 12. The first-order valence-electron chi connectivity index (χ1n) is 15.3. The molecule has 1 amide bonds. The number of nitrogens with one attached hydrogen (secondary N) is 1. The van der Waals surface area contributed by atoms with Crippen LogP contribution in [-0.2, 0) is 16.1 Å². The van der Waals surface area contributed by atoms with Gasteiger partial charge in [0.05, 0.1) is 17.4 Å². The maximum Gasteiger partial charge on any atom is 0.306 e. The molecule has 3 aromatic carbocycles. The molecule has 0 unspecified atom stereocenters. The molecular formula is C37H43FN2O4. The van der Waals surface area contributed by atoms with E-state index in [0.717, 1.165) is 28.1 Å². The van der Waals surface area contributed by atoms with E-state index in [1.807, 2.05) is 95.3 Å². The number of esters is 1. The molecule has 1 aromatic heterocycles. The van der Waals surface area contributed by atoms with Gasteiger partial charge in [0, 0.05) is 29.9 Å². The summed E-state index contributed by atoms with van der Waals surface area (Å²) < 4.78 is 21.6. The van der Waals surface area contributed by atoms with Crippen molar-refractivity contribution in [2.75, 3.05) is 5.32 Å². The highest BCUT2D eigenvalue weighted by molar-refractivity contribution is 6.12. The Morgan fingerprint density at radius 3 is 2.09 bits per heavy atom. The average Bonchev–Trinajstić information content (AvgIpc) is 3.32.